The van der Waals surface area contributed by atoms with Crippen LogP contribution in [0, 0.1) is 11.3 Å². The van der Waals surface area contributed by atoms with Crippen molar-refractivity contribution in [3.63, 3.8) is 0 Å². The number of ether oxygens (including phenoxy) is 3. The average molecular weight is 414 g/mol. The number of fused-ring (bicyclic) bond motifs is 1. The zero-order valence-electron chi connectivity index (χ0n) is 14.5. The first-order valence-corrected chi connectivity index (χ1v) is 8.46. The number of nitrogens with one attached hydrogen (secondary N) is 1. The van der Waals surface area contributed by atoms with Gasteiger partial charge in [0, 0.05) is 10.5 Å². The molecule has 0 radical (unpaired) electrons. The van der Waals surface area contributed by atoms with Crippen LogP contribution in [0.4, 0.5) is 0 Å². The Balaban J connectivity index is 2.08. The molecule has 0 unspecified atom stereocenters. The highest BCUT2D eigenvalue weighted by Crippen LogP contribution is 2.35. The van der Waals surface area contributed by atoms with Crippen LogP contribution in [0.15, 0.2) is 34.8 Å². The number of rotatable bonds is 5. The Morgan fingerprint density at radius 3 is 2.50 bits per heavy atom. The molecule has 0 aliphatic heterocycles. The van der Waals surface area contributed by atoms with Gasteiger partial charge in [0.2, 0.25) is 0 Å². The fraction of sp³-hybridized carbons (Fsp3) is 0.158. The number of aromatic nitrogens is 2. The van der Waals surface area contributed by atoms with Crippen molar-refractivity contribution in [1.82, 2.24) is 9.97 Å². The molecule has 0 fully saturated rings. The summed E-state index contributed by atoms with van der Waals surface area (Å²) in [5.41, 5.74) is 2.73. The van der Waals surface area contributed by atoms with Gasteiger partial charge in [-0.3, -0.25) is 0 Å². The lowest BCUT2D eigenvalue weighted by atomic mass is 10.1. The fourth-order valence-electron chi connectivity index (χ4n) is 2.53. The van der Waals surface area contributed by atoms with Gasteiger partial charge in [0.05, 0.1) is 37.9 Å². The Morgan fingerprint density at radius 1 is 1.12 bits per heavy atom. The summed E-state index contributed by atoms with van der Waals surface area (Å²) in [5.74, 6) is 2.38. The molecule has 0 amide bonds. The maximum Gasteiger partial charge on any atom is 0.161 e. The van der Waals surface area contributed by atoms with Crippen LogP contribution >= 0.6 is 15.9 Å². The number of nitrogens with zero attached hydrogens (tertiary/aromatic N) is 2. The number of aromatic amines is 1. The standard InChI is InChI=1S/C19H16BrN3O3/c1-24-13-4-5-15-16(8-13)23-19(22-15)12(10-21)6-11-7-17(25-2)18(26-3)9-14(11)20/h4-9H,1-3H3,(H,22,23)/b12-6-. The van der Waals surface area contributed by atoms with Gasteiger partial charge in [0.15, 0.2) is 11.5 Å². The number of hydrogen-bond acceptors (Lipinski definition) is 5. The van der Waals surface area contributed by atoms with E-state index in [-0.39, 0.29) is 0 Å². The molecule has 0 spiro atoms. The van der Waals surface area contributed by atoms with E-state index >= 15 is 0 Å². The summed E-state index contributed by atoms with van der Waals surface area (Å²) in [4.78, 5) is 7.65. The van der Waals surface area contributed by atoms with E-state index in [1.165, 1.54) is 0 Å². The van der Waals surface area contributed by atoms with Gasteiger partial charge in [-0.25, -0.2) is 4.98 Å². The Morgan fingerprint density at radius 2 is 1.85 bits per heavy atom. The minimum atomic E-state index is 0.396. The van der Waals surface area contributed by atoms with E-state index in [9.17, 15) is 5.26 Å². The summed E-state index contributed by atoms with van der Waals surface area (Å²) in [7, 11) is 4.74. The predicted molar refractivity (Wildman–Crippen MR) is 103 cm³/mol. The molecule has 3 rings (SSSR count). The van der Waals surface area contributed by atoms with Crippen LogP contribution in [0.5, 0.6) is 17.2 Å². The van der Waals surface area contributed by atoms with Crippen molar-refractivity contribution < 1.29 is 14.2 Å². The van der Waals surface area contributed by atoms with Crippen LogP contribution in [-0.4, -0.2) is 31.3 Å². The van der Waals surface area contributed by atoms with Gasteiger partial charge in [-0.2, -0.15) is 5.26 Å². The summed E-state index contributed by atoms with van der Waals surface area (Å²) in [6, 6.07) is 11.3. The van der Waals surface area contributed by atoms with E-state index in [1.807, 2.05) is 18.2 Å². The SMILES string of the molecule is COc1ccc2nc(/C(C#N)=C\c3cc(OC)c(OC)cc3Br)[nH]c2c1. The predicted octanol–water partition coefficient (Wildman–Crippen LogP) is 4.42. The van der Waals surface area contributed by atoms with E-state index in [0.29, 0.717) is 22.9 Å². The highest BCUT2D eigenvalue weighted by atomic mass is 79.9. The molecule has 0 saturated carbocycles. The largest absolute Gasteiger partial charge is 0.497 e. The van der Waals surface area contributed by atoms with Crippen LogP contribution in [0.25, 0.3) is 22.7 Å². The van der Waals surface area contributed by atoms with E-state index in [4.69, 9.17) is 14.2 Å². The number of allylic oxidation sites excluding steroid dienone is 1. The molecule has 1 heterocycles. The number of imidazole rings is 1. The van der Waals surface area contributed by atoms with Gasteiger partial charge < -0.3 is 19.2 Å². The lowest BCUT2D eigenvalue weighted by Crippen LogP contribution is -1.92. The molecule has 0 atom stereocenters. The topological polar surface area (TPSA) is 80.2 Å². The monoisotopic (exact) mass is 413 g/mol. The van der Waals surface area contributed by atoms with Crippen LogP contribution in [0.1, 0.15) is 11.4 Å². The third-order valence-corrected chi connectivity index (χ3v) is 4.55. The molecule has 0 bridgehead atoms. The molecule has 0 saturated heterocycles. The van der Waals surface area contributed by atoms with E-state index in [1.54, 1.807) is 39.5 Å². The first kappa shape index (κ1) is 17.8. The summed E-state index contributed by atoms with van der Waals surface area (Å²) in [5, 5.41) is 9.61. The molecule has 26 heavy (non-hydrogen) atoms. The van der Waals surface area contributed by atoms with Crippen molar-refractivity contribution in [2.45, 2.75) is 0 Å². The average Bonchev–Trinajstić information content (AvgIpc) is 3.09. The minimum absolute atomic E-state index is 0.396. The van der Waals surface area contributed by atoms with Gasteiger partial charge in [-0.15, -0.1) is 0 Å². The lowest BCUT2D eigenvalue weighted by molar-refractivity contribution is 0.354. The zero-order chi connectivity index (χ0) is 18.7. The van der Waals surface area contributed by atoms with Crippen LogP contribution in [0.3, 0.4) is 0 Å². The van der Waals surface area contributed by atoms with Crippen molar-refractivity contribution in [2.24, 2.45) is 0 Å². The van der Waals surface area contributed by atoms with Crippen LogP contribution < -0.4 is 14.2 Å². The van der Waals surface area contributed by atoms with Gasteiger partial charge >= 0.3 is 0 Å². The lowest BCUT2D eigenvalue weighted by Gasteiger charge is -2.10. The molecule has 2 aromatic carbocycles. The smallest absolute Gasteiger partial charge is 0.161 e. The number of H-pyrrole nitrogens is 1. The Bertz CT molecular complexity index is 1030. The maximum atomic E-state index is 9.61. The molecule has 7 heteroatoms. The van der Waals surface area contributed by atoms with Crippen molar-refractivity contribution in [3.8, 4) is 23.3 Å². The number of benzene rings is 2. The molecule has 3 aromatic rings. The van der Waals surface area contributed by atoms with Crippen LogP contribution in [0.2, 0.25) is 0 Å². The Hall–Kier alpha value is -2.98. The van der Waals surface area contributed by atoms with E-state index < -0.39 is 0 Å². The first-order valence-electron chi connectivity index (χ1n) is 7.67. The van der Waals surface area contributed by atoms with E-state index in [2.05, 4.69) is 32.0 Å². The summed E-state index contributed by atoms with van der Waals surface area (Å²) < 4.78 is 16.6. The Kier molecular flexibility index (Phi) is 5.14. The summed E-state index contributed by atoms with van der Waals surface area (Å²) in [6.45, 7) is 0. The van der Waals surface area contributed by atoms with Gasteiger partial charge in [-0.1, -0.05) is 15.9 Å². The molecule has 0 aliphatic rings. The first-order chi connectivity index (χ1) is 12.6. The molecule has 132 valence electrons. The second-order valence-corrected chi connectivity index (χ2v) is 6.22. The molecule has 1 N–H and O–H groups in total. The van der Waals surface area contributed by atoms with Crippen LogP contribution in [-0.2, 0) is 0 Å². The second-order valence-electron chi connectivity index (χ2n) is 5.37. The van der Waals surface area contributed by atoms with Gasteiger partial charge in [-0.05, 0) is 35.9 Å². The van der Waals surface area contributed by atoms with E-state index in [0.717, 1.165) is 26.8 Å². The van der Waals surface area contributed by atoms with Crippen molar-refractivity contribution in [2.75, 3.05) is 21.3 Å². The highest BCUT2D eigenvalue weighted by Gasteiger charge is 2.12. The normalized spacial score (nSPS) is 11.3. The number of nitriles is 1. The third kappa shape index (κ3) is 3.37. The van der Waals surface area contributed by atoms with Crippen molar-refractivity contribution in [3.05, 3.63) is 46.2 Å². The quantitative estimate of drug-likeness (QED) is 0.626. The minimum Gasteiger partial charge on any atom is -0.497 e. The zero-order valence-corrected chi connectivity index (χ0v) is 16.0. The van der Waals surface area contributed by atoms with Gasteiger partial charge in [0.25, 0.3) is 0 Å². The number of hydrogen-bond donors (Lipinski definition) is 1. The molecular weight excluding hydrogens is 398 g/mol. The number of methoxy groups -OCH3 is 3. The third-order valence-electron chi connectivity index (χ3n) is 3.87. The highest BCUT2D eigenvalue weighted by molar-refractivity contribution is 9.10. The Labute approximate surface area is 159 Å². The second kappa shape index (κ2) is 7.50. The molecule has 1 aromatic heterocycles. The number of halogens is 1. The van der Waals surface area contributed by atoms with Crippen molar-refractivity contribution >= 4 is 38.6 Å². The summed E-state index contributed by atoms with van der Waals surface area (Å²) >= 11 is 3.50. The fourth-order valence-corrected chi connectivity index (χ4v) is 2.97. The van der Waals surface area contributed by atoms with Crippen molar-refractivity contribution in [1.29, 1.82) is 5.26 Å². The molecule has 6 nitrogen and oxygen atoms in total. The molecular formula is C19H16BrN3O3. The maximum absolute atomic E-state index is 9.61. The van der Waals surface area contributed by atoms with Gasteiger partial charge in [0.1, 0.15) is 17.6 Å². The molecule has 0 aliphatic carbocycles. The summed E-state index contributed by atoms with van der Waals surface area (Å²) in [6.07, 6.45) is 1.74.